The van der Waals surface area contributed by atoms with Gasteiger partial charge in [-0.25, -0.2) is 0 Å². The maximum atomic E-state index is 11.2. The molecule has 0 atom stereocenters. The molecule has 0 aliphatic rings. The molecule has 0 bridgehead atoms. The molecular weight excluding hydrogens is 276 g/mol. The van der Waals surface area contributed by atoms with Gasteiger partial charge in [0.25, 0.3) is 0 Å². The monoisotopic (exact) mass is 292 g/mol. The minimum absolute atomic E-state index is 0.0848. The highest BCUT2D eigenvalue weighted by Crippen LogP contribution is 2.33. The number of hydrogen-bond acceptors (Lipinski definition) is 3. The maximum Gasteiger partial charge on any atom is 0.221 e. The van der Waals surface area contributed by atoms with Gasteiger partial charge in [-0.3, -0.25) is 9.78 Å². The molecule has 0 unspecified atom stereocenters. The summed E-state index contributed by atoms with van der Waals surface area (Å²) >= 11 is 0. The molecular formula is C18H16N2O2. The van der Waals surface area contributed by atoms with Crippen LogP contribution in [0.15, 0.2) is 54.7 Å². The van der Waals surface area contributed by atoms with Gasteiger partial charge in [0.05, 0.1) is 7.11 Å². The number of methoxy groups -OCH3 is 1. The molecule has 1 amide bonds. The van der Waals surface area contributed by atoms with E-state index in [1.807, 2.05) is 48.5 Å². The third kappa shape index (κ3) is 2.63. The lowest BCUT2D eigenvalue weighted by molar-refractivity contribution is -0.114. The van der Waals surface area contributed by atoms with E-state index < -0.39 is 0 Å². The number of anilines is 1. The molecule has 22 heavy (non-hydrogen) atoms. The van der Waals surface area contributed by atoms with Gasteiger partial charge in [0, 0.05) is 24.2 Å². The number of aromatic nitrogens is 1. The van der Waals surface area contributed by atoms with Gasteiger partial charge in [-0.2, -0.15) is 0 Å². The maximum absolute atomic E-state index is 11.2. The van der Waals surface area contributed by atoms with Crippen LogP contribution in [0.5, 0.6) is 5.75 Å². The molecule has 3 aromatic rings. The van der Waals surface area contributed by atoms with Crippen LogP contribution >= 0.6 is 0 Å². The van der Waals surface area contributed by atoms with E-state index >= 15 is 0 Å². The summed E-state index contributed by atoms with van der Waals surface area (Å²) < 4.78 is 5.38. The predicted molar refractivity (Wildman–Crippen MR) is 88.0 cm³/mol. The summed E-state index contributed by atoms with van der Waals surface area (Å²) in [6.45, 7) is 1.50. The van der Waals surface area contributed by atoms with Crippen LogP contribution < -0.4 is 10.1 Å². The number of carbonyl (C=O) groups excluding carboxylic acids is 1. The lowest BCUT2D eigenvalue weighted by Gasteiger charge is -2.11. The average Bonchev–Trinajstić information content (AvgIpc) is 2.53. The van der Waals surface area contributed by atoms with Gasteiger partial charge in [0.2, 0.25) is 5.91 Å². The molecule has 0 saturated carbocycles. The smallest absolute Gasteiger partial charge is 0.221 e. The number of fused-ring (bicyclic) bond motifs is 1. The van der Waals surface area contributed by atoms with Crippen molar-refractivity contribution in [1.29, 1.82) is 0 Å². The Balaban J connectivity index is 2.16. The molecule has 0 fully saturated rings. The first kappa shape index (κ1) is 14.1. The highest BCUT2D eigenvalue weighted by Gasteiger charge is 2.09. The van der Waals surface area contributed by atoms with E-state index in [1.54, 1.807) is 13.3 Å². The molecule has 0 spiro atoms. The van der Waals surface area contributed by atoms with Crippen molar-refractivity contribution in [2.75, 3.05) is 12.4 Å². The van der Waals surface area contributed by atoms with Gasteiger partial charge < -0.3 is 10.1 Å². The number of benzene rings is 2. The largest absolute Gasteiger partial charge is 0.494 e. The Labute approximate surface area is 128 Å². The third-order valence-corrected chi connectivity index (χ3v) is 3.45. The predicted octanol–water partition coefficient (Wildman–Crippen LogP) is 3.87. The van der Waals surface area contributed by atoms with Gasteiger partial charge in [-0.15, -0.1) is 0 Å². The first-order valence-electron chi connectivity index (χ1n) is 6.99. The molecule has 0 radical (unpaired) electrons. The third-order valence-electron chi connectivity index (χ3n) is 3.45. The number of nitrogens with zero attached hydrogens (tertiary/aromatic N) is 1. The van der Waals surface area contributed by atoms with E-state index in [1.165, 1.54) is 6.92 Å². The lowest BCUT2D eigenvalue weighted by Crippen LogP contribution is -2.05. The van der Waals surface area contributed by atoms with E-state index in [9.17, 15) is 4.79 Å². The lowest BCUT2D eigenvalue weighted by atomic mass is 9.99. The van der Waals surface area contributed by atoms with Crippen LogP contribution in [0.4, 0.5) is 5.69 Å². The fraction of sp³-hybridized carbons (Fsp3) is 0.111. The van der Waals surface area contributed by atoms with Crippen LogP contribution in [-0.2, 0) is 4.79 Å². The fourth-order valence-corrected chi connectivity index (χ4v) is 2.53. The molecule has 0 aliphatic heterocycles. The van der Waals surface area contributed by atoms with Crippen molar-refractivity contribution >= 4 is 22.5 Å². The Morgan fingerprint density at radius 1 is 1.14 bits per heavy atom. The second-order valence-electron chi connectivity index (χ2n) is 4.98. The van der Waals surface area contributed by atoms with E-state index in [2.05, 4.69) is 10.3 Å². The summed E-state index contributed by atoms with van der Waals surface area (Å²) in [4.78, 5) is 15.6. The van der Waals surface area contributed by atoms with Crippen molar-refractivity contribution in [1.82, 2.24) is 4.98 Å². The quantitative estimate of drug-likeness (QED) is 0.797. The summed E-state index contributed by atoms with van der Waals surface area (Å²) in [7, 11) is 1.64. The summed E-state index contributed by atoms with van der Waals surface area (Å²) in [5, 5.41) is 3.82. The average molecular weight is 292 g/mol. The van der Waals surface area contributed by atoms with Gasteiger partial charge >= 0.3 is 0 Å². The van der Waals surface area contributed by atoms with Crippen molar-refractivity contribution < 1.29 is 9.53 Å². The zero-order chi connectivity index (χ0) is 15.5. The fourth-order valence-electron chi connectivity index (χ4n) is 2.53. The van der Waals surface area contributed by atoms with Crippen molar-refractivity contribution in [2.24, 2.45) is 0 Å². The van der Waals surface area contributed by atoms with E-state index in [0.717, 1.165) is 33.5 Å². The van der Waals surface area contributed by atoms with Crippen LogP contribution in [0.1, 0.15) is 6.92 Å². The standard InChI is InChI=1S/C18H16N2O2/c1-12(21)20-14-6-3-5-13(11-14)15-8-9-17(22-2)18-16(15)7-4-10-19-18/h3-11H,1-2H3,(H,20,21). The van der Waals surface area contributed by atoms with Crippen molar-refractivity contribution in [3.8, 4) is 16.9 Å². The molecule has 3 rings (SSSR count). The van der Waals surface area contributed by atoms with Crippen molar-refractivity contribution in [2.45, 2.75) is 6.92 Å². The molecule has 0 aliphatic carbocycles. The Morgan fingerprint density at radius 2 is 2.00 bits per heavy atom. The summed E-state index contributed by atoms with van der Waals surface area (Å²) in [5.74, 6) is 0.663. The first-order valence-corrected chi connectivity index (χ1v) is 6.99. The minimum atomic E-state index is -0.0848. The van der Waals surface area contributed by atoms with Crippen LogP contribution in [0.3, 0.4) is 0 Å². The Hall–Kier alpha value is -2.88. The van der Waals surface area contributed by atoms with Crippen LogP contribution in [0.2, 0.25) is 0 Å². The molecule has 110 valence electrons. The number of hydrogen-bond donors (Lipinski definition) is 1. The second-order valence-corrected chi connectivity index (χ2v) is 4.98. The molecule has 0 saturated heterocycles. The van der Waals surface area contributed by atoms with E-state index in [-0.39, 0.29) is 5.91 Å². The Morgan fingerprint density at radius 3 is 2.77 bits per heavy atom. The Bertz CT molecular complexity index is 843. The summed E-state index contributed by atoms with van der Waals surface area (Å²) in [6.07, 6.45) is 1.75. The molecule has 4 heteroatoms. The highest BCUT2D eigenvalue weighted by atomic mass is 16.5. The van der Waals surface area contributed by atoms with Gasteiger partial charge in [0.1, 0.15) is 11.3 Å². The number of nitrogens with one attached hydrogen (secondary N) is 1. The van der Waals surface area contributed by atoms with Gasteiger partial charge in [-0.1, -0.05) is 18.2 Å². The summed E-state index contributed by atoms with van der Waals surface area (Å²) in [5.41, 5.74) is 3.67. The number of carbonyl (C=O) groups is 1. The normalized spacial score (nSPS) is 10.5. The van der Waals surface area contributed by atoms with Gasteiger partial charge in [-0.05, 0) is 41.5 Å². The number of pyridine rings is 1. The number of rotatable bonds is 3. The molecule has 2 aromatic carbocycles. The number of ether oxygens (including phenoxy) is 1. The Kier molecular flexibility index (Phi) is 3.74. The SMILES string of the molecule is COc1ccc(-c2cccc(NC(C)=O)c2)c2cccnc12. The minimum Gasteiger partial charge on any atom is -0.494 e. The highest BCUT2D eigenvalue weighted by molar-refractivity contribution is 5.98. The van der Waals surface area contributed by atoms with Crippen LogP contribution in [0, 0.1) is 0 Å². The van der Waals surface area contributed by atoms with E-state index in [0.29, 0.717) is 0 Å². The first-order chi connectivity index (χ1) is 10.7. The van der Waals surface area contributed by atoms with Crippen molar-refractivity contribution in [3.05, 3.63) is 54.7 Å². The second kappa shape index (κ2) is 5.85. The molecule has 1 aromatic heterocycles. The number of amides is 1. The molecule has 1 heterocycles. The summed E-state index contributed by atoms with van der Waals surface area (Å²) in [6, 6.07) is 15.6. The van der Waals surface area contributed by atoms with Crippen molar-refractivity contribution in [3.63, 3.8) is 0 Å². The van der Waals surface area contributed by atoms with Crippen LogP contribution in [0.25, 0.3) is 22.0 Å². The zero-order valence-electron chi connectivity index (χ0n) is 12.5. The topological polar surface area (TPSA) is 51.2 Å². The van der Waals surface area contributed by atoms with Crippen LogP contribution in [-0.4, -0.2) is 18.0 Å². The van der Waals surface area contributed by atoms with E-state index in [4.69, 9.17) is 4.74 Å². The zero-order valence-corrected chi connectivity index (χ0v) is 12.5. The molecule has 4 nitrogen and oxygen atoms in total. The van der Waals surface area contributed by atoms with Gasteiger partial charge in [0.15, 0.2) is 0 Å². The molecule has 1 N–H and O–H groups in total.